The third kappa shape index (κ3) is 3.00. The minimum Gasteiger partial charge on any atom is -0.496 e. The van der Waals surface area contributed by atoms with Crippen LogP contribution in [0.15, 0.2) is 35.7 Å². The summed E-state index contributed by atoms with van der Waals surface area (Å²) in [5.74, 6) is 0.893. The summed E-state index contributed by atoms with van der Waals surface area (Å²) in [6.07, 6.45) is 0. The Morgan fingerprint density at radius 1 is 1.29 bits per heavy atom. The van der Waals surface area contributed by atoms with Crippen molar-refractivity contribution in [3.8, 4) is 5.75 Å². The second-order valence-corrected chi connectivity index (χ2v) is 4.70. The Hall–Kier alpha value is -1.03. The molecule has 17 heavy (non-hydrogen) atoms. The first-order valence-electron chi connectivity index (χ1n) is 5.16. The Balaban J connectivity index is 0.00000144. The van der Waals surface area contributed by atoms with Gasteiger partial charge in [0, 0.05) is 4.88 Å². The van der Waals surface area contributed by atoms with Gasteiger partial charge in [0.05, 0.1) is 13.2 Å². The van der Waals surface area contributed by atoms with Crippen LogP contribution in [0.1, 0.15) is 22.0 Å². The third-order valence-corrected chi connectivity index (χ3v) is 3.60. The number of benzene rings is 1. The van der Waals surface area contributed by atoms with E-state index in [1.807, 2.05) is 30.5 Å². The van der Waals surface area contributed by atoms with Gasteiger partial charge in [-0.05, 0) is 35.6 Å². The molecule has 1 aromatic carbocycles. The molecule has 0 fully saturated rings. The van der Waals surface area contributed by atoms with Crippen LogP contribution in [0.4, 0.5) is 0 Å². The summed E-state index contributed by atoms with van der Waals surface area (Å²) in [7, 11) is 1.68. The number of methoxy groups -OCH3 is 1. The maximum Gasteiger partial charge on any atom is 0.122 e. The summed E-state index contributed by atoms with van der Waals surface area (Å²) in [4.78, 5) is 1.17. The van der Waals surface area contributed by atoms with Gasteiger partial charge in [-0.25, -0.2) is 0 Å². The summed E-state index contributed by atoms with van der Waals surface area (Å²) >= 11 is 1.68. The van der Waals surface area contributed by atoms with Gasteiger partial charge in [-0.15, -0.1) is 23.7 Å². The molecule has 4 heteroatoms. The first-order chi connectivity index (χ1) is 7.72. The fourth-order valence-electron chi connectivity index (χ4n) is 1.66. The van der Waals surface area contributed by atoms with Gasteiger partial charge in [-0.1, -0.05) is 18.2 Å². The average Bonchev–Trinajstić information content (AvgIpc) is 2.82. The Morgan fingerprint density at radius 3 is 2.65 bits per heavy atom. The lowest BCUT2D eigenvalue weighted by Gasteiger charge is -2.12. The maximum absolute atomic E-state index is 6.19. The third-order valence-electron chi connectivity index (χ3n) is 2.64. The van der Waals surface area contributed by atoms with Crippen LogP contribution in [0.5, 0.6) is 5.75 Å². The molecule has 1 atom stereocenters. The van der Waals surface area contributed by atoms with E-state index < -0.39 is 0 Å². The van der Waals surface area contributed by atoms with Crippen LogP contribution in [0, 0.1) is 6.92 Å². The lowest BCUT2D eigenvalue weighted by Crippen LogP contribution is -2.10. The highest BCUT2D eigenvalue weighted by molar-refractivity contribution is 7.10. The fourth-order valence-corrected chi connectivity index (χ4v) is 2.42. The van der Waals surface area contributed by atoms with Crippen molar-refractivity contribution in [1.82, 2.24) is 0 Å². The lowest BCUT2D eigenvalue weighted by molar-refractivity contribution is 0.411. The van der Waals surface area contributed by atoms with E-state index in [9.17, 15) is 0 Å². The molecule has 0 spiro atoms. The van der Waals surface area contributed by atoms with Gasteiger partial charge in [0.2, 0.25) is 0 Å². The predicted octanol–water partition coefficient (Wildman–Crippen LogP) is 3.54. The maximum atomic E-state index is 6.19. The topological polar surface area (TPSA) is 35.2 Å². The number of nitrogens with two attached hydrogens (primary N) is 1. The molecule has 2 aromatic rings. The smallest absolute Gasteiger partial charge is 0.122 e. The molecular weight excluding hydrogens is 254 g/mol. The van der Waals surface area contributed by atoms with Gasteiger partial charge in [0.15, 0.2) is 0 Å². The van der Waals surface area contributed by atoms with Gasteiger partial charge in [-0.2, -0.15) is 0 Å². The second-order valence-electron chi connectivity index (χ2n) is 3.72. The number of hydrogen-bond acceptors (Lipinski definition) is 3. The monoisotopic (exact) mass is 269 g/mol. The quantitative estimate of drug-likeness (QED) is 0.925. The molecule has 92 valence electrons. The van der Waals surface area contributed by atoms with Crippen LogP contribution >= 0.6 is 23.7 Å². The molecule has 0 saturated carbocycles. The number of ether oxygens (including phenoxy) is 1. The fraction of sp³-hybridized carbons (Fsp3) is 0.231. The summed E-state index contributed by atoms with van der Waals surface area (Å²) < 4.78 is 5.30. The van der Waals surface area contributed by atoms with E-state index in [0.29, 0.717) is 0 Å². The van der Waals surface area contributed by atoms with E-state index in [1.165, 1.54) is 4.88 Å². The minimum atomic E-state index is -0.0606. The van der Waals surface area contributed by atoms with E-state index in [1.54, 1.807) is 18.4 Å². The van der Waals surface area contributed by atoms with Crippen molar-refractivity contribution in [2.45, 2.75) is 13.0 Å². The summed E-state index contributed by atoms with van der Waals surface area (Å²) in [5, 5.41) is 2.04. The molecule has 0 unspecified atom stereocenters. The van der Waals surface area contributed by atoms with E-state index in [2.05, 4.69) is 12.1 Å². The van der Waals surface area contributed by atoms with E-state index in [4.69, 9.17) is 10.5 Å². The number of hydrogen-bond donors (Lipinski definition) is 1. The predicted molar refractivity (Wildman–Crippen MR) is 75.3 cm³/mol. The van der Waals surface area contributed by atoms with Crippen molar-refractivity contribution in [3.05, 3.63) is 51.7 Å². The highest BCUT2D eigenvalue weighted by atomic mass is 35.5. The Kier molecular flexibility index (Phi) is 5.00. The summed E-state index contributed by atoms with van der Waals surface area (Å²) in [6.45, 7) is 2.03. The standard InChI is InChI=1S/C13H15NOS.ClH/c1-9-5-6-10(8-11(9)15-2)13(14)12-4-3-7-16-12;/h3-8,13H,14H2,1-2H3;1H/t13-;/m0./s1. The van der Waals surface area contributed by atoms with Crippen molar-refractivity contribution in [3.63, 3.8) is 0 Å². The van der Waals surface area contributed by atoms with Crippen molar-refractivity contribution >= 4 is 23.7 Å². The minimum absolute atomic E-state index is 0. The van der Waals surface area contributed by atoms with Crippen LogP contribution in [0.2, 0.25) is 0 Å². The van der Waals surface area contributed by atoms with Gasteiger partial charge < -0.3 is 10.5 Å². The Labute approximate surface area is 112 Å². The van der Waals surface area contributed by atoms with Crippen molar-refractivity contribution < 1.29 is 4.74 Å². The zero-order valence-corrected chi connectivity index (χ0v) is 11.5. The Bertz CT molecular complexity index is 470. The SMILES string of the molecule is COc1cc([C@H](N)c2cccs2)ccc1C.Cl. The zero-order chi connectivity index (χ0) is 11.5. The molecule has 0 amide bonds. The molecular formula is C13H16ClNOS. The van der Waals surface area contributed by atoms with Crippen LogP contribution in [-0.2, 0) is 0 Å². The second kappa shape index (κ2) is 6.05. The van der Waals surface area contributed by atoms with Crippen molar-refractivity contribution in [2.75, 3.05) is 7.11 Å². The van der Waals surface area contributed by atoms with E-state index in [0.717, 1.165) is 16.9 Å². The van der Waals surface area contributed by atoms with Crippen molar-refractivity contribution in [1.29, 1.82) is 0 Å². The molecule has 0 aliphatic heterocycles. The van der Waals surface area contributed by atoms with E-state index in [-0.39, 0.29) is 18.4 Å². The number of thiophene rings is 1. The first kappa shape index (κ1) is 14.0. The van der Waals surface area contributed by atoms with Crippen LogP contribution < -0.4 is 10.5 Å². The van der Waals surface area contributed by atoms with Crippen LogP contribution in [0.3, 0.4) is 0 Å². The molecule has 2 nitrogen and oxygen atoms in total. The highest BCUT2D eigenvalue weighted by Gasteiger charge is 2.11. The van der Waals surface area contributed by atoms with Gasteiger partial charge >= 0.3 is 0 Å². The largest absolute Gasteiger partial charge is 0.496 e. The molecule has 0 bridgehead atoms. The number of aryl methyl sites for hydroxylation is 1. The average molecular weight is 270 g/mol. The van der Waals surface area contributed by atoms with Gasteiger partial charge in [0.25, 0.3) is 0 Å². The van der Waals surface area contributed by atoms with E-state index >= 15 is 0 Å². The Morgan fingerprint density at radius 2 is 2.06 bits per heavy atom. The molecule has 2 rings (SSSR count). The number of halogens is 1. The van der Waals surface area contributed by atoms with Crippen LogP contribution in [-0.4, -0.2) is 7.11 Å². The normalized spacial score (nSPS) is 11.7. The molecule has 1 aromatic heterocycles. The molecule has 0 radical (unpaired) electrons. The van der Waals surface area contributed by atoms with Crippen LogP contribution in [0.25, 0.3) is 0 Å². The summed E-state index contributed by atoms with van der Waals surface area (Å²) in [5.41, 5.74) is 8.41. The van der Waals surface area contributed by atoms with Crippen molar-refractivity contribution in [2.24, 2.45) is 5.73 Å². The molecule has 0 aliphatic rings. The molecule has 0 aliphatic carbocycles. The summed E-state index contributed by atoms with van der Waals surface area (Å²) in [6, 6.07) is 10.1. The molecule has 1 heterocycles. The van der Waals surface area contributed by atoms with Gasteiger partial charge in [-0.3, -0.25) is 0 Å². The molecule has 0 saturated heterocycles. The lowest BCUT2D eigenvalue weighted by atomic mass is 10.0. The highest BCUT2D eigenvalue weighted by Crippen LogP contribution is 2.27. The first-order valence-corrected chi connectivity index (χ1v) is 6.04. The number of rotatable bonds is 3. The van der Waals surface area contributed by atoms with Gasteiger partial charge in [0.1, 0.15) is 5.75 Å². The molecule has 2 N–H and O–H groups in total. The zero-order valence-electron chi connectivity index (χ0n) is 9.84.